The van der Waals surface area contributed by atoms with Gasteiger partial charge in [0.2, 0.25) is 5.91 Å². The molecule has 0 heterocycles. The SMILES string of the molecule is COc1cc([C@H](NC(C)=O)[C@@H](C)C(=O)c2ccccc2)ccc1OC(C)=O. The van der Waals surface area contributed by atoms with Crippen molar-refractivity contribution in [3.05, 3.63) is 59.7 Å². The summed E-state index contributed by atoms with van der Waals surface area (Å²) in [5.74, 6) is -0.699. The fourth-order valence-corrected chi connectivity index (χ4v) is 2.85. The van der Waals surface area contributed by atoms with Crippen LogP contribution in [0, 0.1) is 5.92 Å². The number of hydrogen-bond acceptors (Lipinski definition) is 5. The van der Waals surface area contributed by atoms with Crippen LogP contribution in [0.5, 0.6) is 11.5 Å². The third kappa shape index (κ3) is 5.17. The van der Waals surface area contributed by atoms with Gasteiger partial charge in [-0.1, -0.05) is 43.3 Å². The zero-order valence-electron chi connectivity index (χ0n) is 15.8. The second-order valence-electron chi connectivity index (χ2n) is 6.20. The van der Waals surface area contributed by atoms with Gasteiger partial charge in [0.15, 0.2) is 17.3 Å². The maximum atomic E-state index is 12.9. The molecule has 6 nitrogen and oxygen atoms in total. The van der Waals surface area contributed by atoms with Gasteiger partial charge in [-0.05, 0) is 17.7 Å². The number of benzene rings is 2. The molecule has 2 atom stereocenters. The van der Waals surface area contributed by atoms with Gasteiger partial charge in [-0.3, -0.25) is 14.4 Å². The fourth-order valence-electron chi connectivity index (χ4n) is 2.85. The van der Waals surface area contributed by atoms with Gasteiger partial charge in [0.1, 0.15) is 0 Å². The summed E-state index contributed by atoms with van der Waals surface area (Å²) in [7, 11) is 1.46. The van der Waals surface area contributed by atoms with Crippen LogP contribution in [0.15, 0.2) is 48.5 Å². The van der Waals surface area contributed by atoms with Gasteiger partial charge in [-0.2, -0.15) is 0 Å². The molecule has 1 N–H and O–H groups in total. The van der Waals surface area contributed by atoms with Crippen LogP contribution in [0.25, 0.3) is 0 Å². The average molecular weight is 369 g/mol. The zero-order chi connectivity index (χ0) is 20.0. The fraction of sp³-hybridized carbons (Fsp3) is 0.286. The number of nitrogens with one attached hydrogen (secondary N) is 1. The molecule has 6 heteroatoms. The van der Waals surface area contributed by atoms with Gasteiger partial charge in [0.25, 0.3) is 0 Å². The first-order valence-electron chi connectivity index (χ1n) is 8.56. The zero-order valence-corrected chi connectivity index (χ0v) is 15.8. The second-order valence-corrected chi connectivity index (χ2v) is 6.20. The minimum atomic E-state index is -0.560. The van der Waals surface area contributed by atoms with Crippen LogP contribution < -0.4 is 14.8 Å². The van der Waals surface area contributed by atoms with Crippen molar-refractivity contribution in [1.29, 1.82) is 0 Å². The molecule has 0 aliphatic carbocycles. The topological polar surface area (TPSA) is 81.7 Å². The molecule has 0 aromatic heterocycles. The molecule has 2 rings (SSSR count). The van der Waals surface area contributed by atoms with E-state index in [0.29, 0.717) is 16.9 Å². The Hall–Kier alpha value is -3.15. The highest BCUT2D eigenvalue weighted by molar-refractivity contribution is 5.98. The molecule has 142 valence electrons. The minimum absolute atomic E-state index is 0.0858. The lowest BCUT2D eigenvalue weighted by Crippen LogP contribution is -2.34. The van der Waals surface area contributed by atoms with E-state index in [1.807, 2.05) is 6.07 Å². The Morgan fingerprint density at radius 2 is 1.63 bits per heavy atom. The van der Waals surface area contributed by atoms with E-state index in [1.165, 1.54) is 21.0 Å². The molecular formula is C21H23NO5. The molecule has 1 amide bonds. The molecule has 0 radical (unpaired) electrons. The highest BCUT2D eigenvalue weighted by Gasteiger charge is 2.28. The summed E-state index contributed by atoms with van der Waals surface area (Å²) < 4.78 is 10.4. The van der Waals surface area contributed by atoms with Crippen molar-refractivity contribution in [2.45, 2.75) is 26.8 Å². The summed E-state index contributed by atoms with van der Waals surface area (Å²) in [4.78, 5) is 35.8. The van der Waals surface area contributed by atoms with Gasteiger partial charge >= 0.3 is 5.97 Å². The first-order valence-corrected chi connectivity index (χ1v) is 8.56. The van der Waals surface area contributed by atoms with Gasteiger partial charge in [-0.25, -0.2) is 0 Å². The highest BCUT2D eigenvalue weighted by Crippen LogP contribution is 2.33. The van der Waals surface area contributed by atoms with E-state index in [2.05, 4.69) is 5.32 Å². The average Bonchev–Trinajstić information content (AvgIpc) is 2.65. The van der Waals surface area contributed by atoms with Gasteiger partial charge in [0, 0.05) is 25.3 Å². The molecule has 0 bridgehead atoms. The molecule has 0 saturated carbocycles. The molecule has 0 unspecified atom stereocenters. The Morgan fingerprint density at radius 3 is 2.19 bits per heavy atom. The number of esters is 1. The molecule has 2 aromatic carbocycles. The summed E-state index contributed by atoms with van der Waals surface area (Å²) in [6.45, 7) is 4.47. The van der Waals surface area contributed by atoms with Crippen LogP contribution >= 0.6 is 0 Å². The lowest BCUT2D eigenvalue weighted by molar-refractivity contribution is -0.132. The molecule has 0 aliphatic heterocycles. The first-order chi connectivity index (χ1) is 12.8. The van der Waals surface area contributed by atoms with E-state index in [4.69, 9.17) is 9.47 Å². The van der Waals surface area contributed by atoms with Gasteiger partial charge < -0.3 is 14.8 Å². The van der Waals surface area contributed by atoms with E-state index in [0.717, 1.165) is 0 Å². The van der Waals surface area contributed by atoms with Crippen LogP contribution in [-0.2, 0) is 9.59 Å². The van der Waals surface area contributed by atoms with Crippen LogP contribution in [-0.4, -0.2) is 24.8 Å². The van der Waals surface area contributed by atoms with Gasteiger partial charge in [0.05, 0.1) is 13.2 Å². The molecule has 0 spiro atoms. The predicted molar refractivity (Wildman–Crippen MR) is 101 cm³/mol. The number of carbonyl (C=O) groups is 3. The van der Waals surface area contributed by atoms with Crippen molar-refractivity contribution < 1.29 is 23.9 Å². The summed E-state index contributed by atoms with van der Waals surface area (Å²) in [5, 5.41) is 2.84. The van der Waals surface area contributed by atoms with Crippen molar-refractivity contribution in [1.82, 2.24) is 5.32 Å². The molecule has 0 aliphatic rings. The summed E-state index contributed by atoms with van der Waals surface area (Å²) in [5.41, 5.74) is 1.25. The quantitative estimate of drug-likeness (QED) is 0.460. The van der Waals surface area contributed by atoms with Crippen LogP contribution in [0.1, 0.15) is 42.7 Å². The molecule has 27 heavy (non-hydrogen) atoms. The highest BCUT2D eigenvalue weighted by atomic mass is 16.6. The third-order valence-electron chi connectivity index (χ3n) is 4.13. The normalized spacial score (nSPS) is 12.6. The second kappa shape index (κ2) is 8.98. The van der Waals surface area contributed by atoms with E-state index < -0.39 is 17.9 Å². The lowest BCUT2D eigenvalue weighted by Gasteiger charge is -2.25. The van der Waals surface area contributed by atoms with Crippen LogP contribution in [0.4, 0.5) is 0 Å². The molecular weight excluding hydrogens is 346 g/mol. The van der Waals surface area contributed by atoms with Crippen molar-refractivity contribution in [3.63, 3.8) is 0 Å². The van der Waals surface area contributed by atoms with E-state index >= 15 is 0 Å². The number of ether oxygens (including phenoxy) is 2. The number of rotatable bonds is 7. The maximum absolute atomic E-state index is 12.9. The standard InChI is InChI=1S/C21H23NO5/c1-13(21(25)16-8-6-5-7-9-16)20(22-14(2)23)17-10-11-18(27-15(3)24)19(12-17)26-4/h5-13,20H,1-4H3,(H,22,23)/t13-,20-/m1/s1. The van der Waals surface area contributed by atoms with Crippen molar-refractivity contribution >= 4 is 17.7 Å². The first kappa shape index (κ1) is 20.2. The monoisotopic (exact) mass is 369 g/mol. The molecule has 0 saturated heterocycles. The summed E-state index contributed by atoms with van der Waals surface area (Å²) in [6.07, 6.45) is 0. The Morgan fingerprint density at radius 1 is 0.963 bits per heavy atom. The molecule has 0 fully saturated rings. The maximum Gasteiger partial charge on any atom is 0.308 e. The number of ketones is 1. The van der Waals surface area contributed by atoms with Crippen molar-refractivity contribution in [3.8, 4) is 11.5 Å². The van der Waals surface area contributed by atoms with E-state index in [9.17, 15) is 14.4 Å². The van der Waals surface area contributed by atoms with Crippen molar-refractivity contribution in [2.24, 2.45) is 5.92 Å². The van der Waals surface area contributed by atoms with Crippen molar-refractivity contribution in [2.75, 3.05) is 7.11 Å². The summed E-state index contributed by atoms with van der Waals surface area (Å²) in [6, 6.07) is 13.3. The Kier molecular flexibility index (Phi) is 6.71. The number of amides is 1. The third-order valence-corrected chi connectivity index (χ3v) is 4.13. The number of carbonyl (C=O) groups excluding carboxylic acids is 3. The van der Waals surface area contributed by atoms with E-state index in [-0.39, 0.29) is 17.4 Å². The molecule has 2 aromatic rings. The lowest BCUT2D eigenvalue weighted by atomic mass is 9.87. The Bertz CT molecular complexity index is 832. The number of Topliss-reactive ketones (excluding diaryl/α,β-unsaturated/α-hetero) is 1. The Balaban J connectivity index is 2.39. The smallest absolute Gasteiger partial charge is 0.308 e. The van der Waals surface area contributed by atoms with Crippen LogP contribution in [0.3, 0.4) is 0 Å². The largest absolute Gasteiger partial charge is 0.493 e. The summed E-state index contributed by atoms with van der Waals surface area (Å²) >= 11 is 0. The van der Waals surface area contributed by atoms with E-state index in [1.54, 1.807) is 49.4 Å². The predicted octanol–water partition coefficient (Wildman–Crippen LogP) is 3.32. The number of methoxy groups -OCH3 is 1. The van der Waals surface area contributed by atoms with Crippen LogP contribution in [0.2, 0.25) is 0 Å². The number of hydrogen-bond donors (Lipinski definition) is 1. The Labute approximate surface area is 158 Å². The van der Waals surface area contributed by atoms with Gasteiger partial charge in [-0.15, -0.1) is 0 Å². The minimum Gasteiger partial charge on any atom is -0.493 e.